The van der Waals surface area contributed by atoms with Crippen molar-refractivity contribution in [3.8, 4) is 23.8 Å². The molecule has 0 saturated carbocycles. The van der Waals surface area contributed by atoms with Crippen LogP contribution in [-0.2, 0) is 6.30 Å². The van der Waals surface area contributed by atoms with E-state index in [4.69, 9.17) is 22.8 Å². The van der Waals surface area contributed by atoms with Crippen LogP contribution in [0, 0.1) is 18.2 Å². The highest BCUT2D eigenvalue weighted by Crippen LogP contribution is 2.29. The Balaban J connectivity index is 2.72. The first kappa shape index (κ1) is 17.6. The molecule has 24 heavy (non-hydrogen) atoms. The lowest BCUT2D eigenvalue weighted by atomic mass is 10.2. The SMILES string of the molecule is C#CCOc1cc(-n2ccc(=O)n(C(F)(F)F)c2=O)c(F)cc1Cl. The predicted octanol–water partition coefficient (Wildman–Crippen LogP) is 2.28. The molecule has 0 aliphatic rings. The molecule has 0 radical (unpaired) electrons. The van der Waals surface area contributed by atoms with E-state index < -0.39 is 33.6 Å². The van der Waals surface area contributed by atoms with Crippen LogP contribution in [0.2, 0.25) is 5.02 Å². The van der Waals surface area contributed by atoms with Gasteiger partial charge in [-0.05, 0) is 6.07 Å². The van der Waals surface area contributed by atoms with E-state index in [0.717, 1.165) is 12.1 Å². The fraction of sp³-hybridized carbons (Fsp3) is 0.143. The van der Waals surface area contributed by atoms with Gasteiger partial charge in [0.15, 0.2) is 0 Å². The van der Waals surface area contributed by atoms with Crippen LogP contribution in [0.25, 0.3) is 5.69 Å². The summed E-state index contributed by atoms with van der Waals surface area (Å²) in [4.78, 5) is 23.2. The molecule has 0 unspecified atom stereocenters. The summed E-state index contributed by atoms with van der Waals surface area (Å²) in [6.45, 7) is -0.234. The van der Waals surface area contributed by atoms with E-state index in [0.29, 0.717) is 16.8 Å². The average Bonchev–Trinajstić information content (AvgIpc) is 2.46. The third-order valence-corrected chi connectivity index (χ3v) is 3.10. The second kappa shape index (κ2) is 6.41. The van der Waals surface area contributed by atoms with E-state index in [-0.39, 0.29) is 17.4 Å². The fourth-order valence-corrected chi connectivity index (χ4v) is 2.03. The number of benzene rings is 1. The number of ether oxygens (including phenoxy) is 1. The van der Waals surface area contributed by atoms with Gasteiger partial charge in [0.25, 0.3) is 5.56 Å². The molecule has 0 aliphatic heterocycles. The molecule has 0 atom stereocenters. The number of rotatable bonds is 3. The summed E-state index contributed by atoms with van der Waals surface area (Å²) < 4.78 is 56.8. The quantitative estimate of drug-likeness (QED) is 0.622. The molecule has 126 valence electrons. The zero-order chi connectivity index (χ0) is 18.1. The lowest BCUT2D eigenvalue weighted by molar-refractivity contribution is -0.209. The van der Waals surface area contributed by atoms with E-state index in [2.05, 4.69) is 5.92 Å². The first-order valence-corrected chi connectivity index (χ1v) is 6.52. The van der Waals surface area contributed by atoms with E-state index in [1.165, 1.54) is 0 Å². The second-order valence-electron chi connectivity index (χ2n) is 4.34. The molecule has 2 aromatic rings. The maximum Gasteiger partial charge on any atom is 0.495 e. The largest absolute Gasteiger partial charge is 0.495 e. The van der Waals surface area contributed by atoms with Gasteiger partial charge in [0.1, 0.15) is 18.2 Å². The fourth-order valence-electron chi connectivity index (χ4n) is 1.83. The summed E-state index contributed by atoms with van der Waals surface area (Å²) in [5.41, 5.74) is -3.98. The minimum absolute atomic E-state index is 0.136. The van der Waals surface area contributed by atoms with Crippen LogP contribution in [0.3, 0.4) is 0 Å². The summed E-state index contributed by atoms with van der Waals surface area (Å²) in [6, 6.07) is 2.13. The number of halogens is 5. The first-order valence-electron chi connectivity index (χ1n) is 6.14. The van der Waals surface area contributed by atoms with Gasteiger partial charge in [-0.3, -0.25) is 9.36 Å². The smallest absolute Gasteiger partial charge is 0.479 e. The molecule has 1 heterocycles. The van der Waals surface area contributed by atoms with Crippen LogP contribution in [0.5, 0.6) is 5.75 Å². The maximum atomic E-state index is 14.0. The van der Waals surface area contributed by atoms with Gasteiger partial charge >= 0.3 is 12.0 Å². The third-order valence-electron chi connectivity index (χ3n) is 2.81. The lowest BCUT2D eigenvalue weighted by Gasteiger charge is -2.14. The van der Waals surface area contributed by atoms with Crippen molar-refractivity contribution >= 4 is 11.6 Å². The van der Waals surface area contributed by atoms with Gasteiger partial charge in [0.05, 0.1) is 10.7 Å². The molecule has 0 fully saturated rings. The Kier molecular flexibility index (Phi) is 4.71. The van der Waals surface area contributed by atoms with Crippen molar-refractivity contribution in [3.63, 3.8) is 0 Å². The molecule has 0 aliphatic carbocycles. The van der Waals surface area contributed by atoms with Gasteiger partial charge in [-0.1, -0.05) is 17.5 Å². The molecular formula is C14H7ClF4N2O3. The number of hydrogen-bond donors (Lipinski definition) is 0. The van der Waals surface area contributed by atoms with E-state index >= 15 is 0 Å². The number of alkyl halides is 3. The normalized spacial score (nSPS) is 11.2. The standard InChI is InChI=1S/C14H7ClF4N2O3/c1-2-5-24-11-7-10(9(16)6-8(11)15)20-4-3-12(22)21(13(20)23)14(17,18)19/h1,3-4,6-7H,5H2. The van der Waals surface area contributed by atoms with Crippen molar-refractivity contribution in [2.45, 2.75) is 6.30 Å². The molecule has 0 saturated heterocycles. The summed E-state index contributed by atoms with van der Waals surface area (Å²) in [5, 5.41) is -0.191. The van der Waals surface area contributed by atoms with Crippen molar-refractivity contribution in [2.75, 3.05) is 6.61 Å². The minimum atomic E-state index is -5.26. The average molecular weight is 363 g/mol. The molecule has 1 aromatic carbocycles. The maximum absolute atomic E-state index is 14.0. The summed E-state index contributed by atoms with van der Waals surface area (Å²) >= 11 is 5.74. The molecule has 5 nitrogen and oxygen atoms in total. The monoisotopic (exact) mass is 362 g/mol. The van der Waals surface area contributed by atoms with E-state index in [9.17, 15) is 27.2 Å². The number of terminal acetylenes is 1. The molecule has 1 aromatic heterocycles. The lowest BCUT2D eigenvalue weighted by Crippen LogP contribution is -2.45. The molecule has 0 amide bonds. The number of aromatic nitrogens is 2. The second-order valence-corrected chi connectivity index (χ2v) is 4.74. The minimum Gasteiger partial charge on any atom is -0.479 e. The van der Waals surface area contributed by atoms with Crippen LogP contribution in [0.15, 0.2) is 34.0 Å². The Labute approximate surface area is 136 Å². The van der Waals surface area contributed by atoms with Crippen LogP contribution in [0.1, 0.15) is 0 Å². The van der Waals surface area contributed by atoms with Crippen LogP contribution < -0.4 is 16.0 Å². The van der Waals surface area contributed by atoms with Gasteiger partial charge < -0.3 is 4.74 Å². The highest BCUT2D eigenvalue weighted by Gasteiger charge is 2.35. The summed E-state index contributed by atoms with van der Waals surface area (Å²) in [5.74, 6) is 0.896. The van der Waals surface area contributed by atoms with Crippen molar-refractivity contribution in [1.82, 2.24) is 9.13 Å². The highest BCUT2D eigenvalue weighted by molar-refractivity contribution is 6.32. The Hall–Kier alpha value is -2.73. The van der Waals surface area contributed by atoms with Crippen molar-refractivity contribution in [3.05, 3.63) is 56.1 Å². The molecule has 0 bridgehead atoms. The predicted molar refractivity (Wildman–Crippen MR) is 76.9 cm³/mol. The molecule has 0 N–H and O–H groups in total. The first-order chi connectivity index (χ1) is 11.2. The molecule has 2 rings (SSSR count). The molecule has 0 spiro atoms. The van der Waals surface area contributed by atoms with Crippen molar-refractivity contribution < 1.29 is 22.3 Å². The topological polar surface area (TPSA) is 53.2 Å². The Morgan fingerprint density at radius 1 is 1.29 bits per heavy atom. The highest BCUT2D eigenvalue weighted by atomic mass is 35.5. The Morgan fingerprint density at radius 2 is 1.96 bits per heavy atom. The van der Waals surface area contributed by atoms with Gasteiger partial charge in [-0.2, -0.15) is 4.57 Å². The van der Waals surface area contributed by atoms with Gasteiger partial charge in [0, 0.05) is 18.3 Å². The van der Waals surface area contributed by atoms with Crippen molar-refractivity contribution in [2.24, 2.45) is 0 Å². The number of nitrogens with zero attached hydrogens (tertiary/aromatic N) is 2. The molecule has 10 heteroatoms. The molecular weight excluding hydrogens is 356 g/mol. The zero-order valence-electron chi connectivity index (χ0n) is 11.6. The van der Waals surface area contributed by atoms with Gasteiger partial charge in [-0.25, -0.2) is 9.18 Å². The van der Waals surface area contributed by atoms with Crippen LogP contribution in [0.4, 0.5) is 17.6 Å². The van der Waals surface area contributed by atoms with Gasteiger partial charge in [0.2, 0.25) is 0 Å². The van der Waals surface area contributed by atoms with Crippen LogP contribution >= 0.6 is 11.6 Å². The number of hydrogen-bond acceptors (Lipinski definition) is 3. The van der Waals surface area contributed by atoms with E-state index in [1.54, 1.807) is 0 Å². The summed E-state index contributed by atoms with van der Waals surface area (Å²) in [7, 11) is 0. The third kappa shape index (κ3) is 3.28. The summed E-state index contributed by atoms with van der Waals surface area (Å²) in [6.07, 6.45) is 0.455. The zero-order valence-corrected chi connectivity index (χ0v) is 12.4. The van der Waals surface area contributed by atoms with Crippen molar-refractivity contribution in [1.29, 1.82) is 0 Å². The van der Waals surface area contributed by atoms with Gasteiger partial charge in [-0.15, -0.1) is 19.6 Å². The Bertz CT molecular complexity index is 941. The van der Waals surface area contributed by atoms with Crippen LogP contribution in [-0.4, -0.2) is 15.7 Å². The Morgan fingerprint density at radius 3 is 2.54 bits per heavy atom. The van der Waals surface area contributed by atoms with E-state index in [1.807, 2.05) is 0 Å².